The molecule has 4 aromatic rings. The van der Waals surface area contributed by atoms with Crippen LogP contribution in [0.2, 0.25) is 0 Å². The average Bonchev–Trinajstić information content (AvgIpc) is 3.41. The van der Waals surface area contributed by atoms with Crippen molar-refractivity contribution in [1.29, 1.82) is 0 Å². The molecule has 0 amide bonds. The minimum atomic E-state index is -0.742. The molecule has 31 heavy (non-hydrogen) atoms. The molecule has 0 unspecified atom stereocenters. The van der Waals surface area contributed by atoms with Gasteiger partial charge in [0.25, 0.3) is 0 Å². The van der Waals surface area contributed by atoms with E-state index < -0.39 is 11.6 Å². The van der Waals surface area contributed by atoms with Gasteiger partial charge in [0.15, 0.2) is 5.76 Å². The minimum absolute atomic E-state index is 0.0308. The van der Waals surface area contributed by atoms with Gasteiger partial charge >= 0.3 is 0 Å². The lowest BCUT2D eigenvalue weighted by Crippen LogP contribution is -2.04. The van der Waals surface area contributed by atoms with Crippen LogP contribution in [0.4, 0.5) is 8.78 Å². The number of hydrogen-bond donors (Lipinski definition) is 0. The molecule has 2 aromatic carbocycles. The molecule has 0 aliphatic rings. The summed E-state index contributed by atoms with van der Waals surface area (Å²) in [6.07, 6.45) is 4.58. The molecule has 0 fully saturated rings. The maximum Gasteiger partial charge on any atom is 0.151 e. The summed E-state index contributed by atoms with van der Waals surface area (Å²) >= 11 is 0. The number of rotatable bonds is 6. The molecule has 0 spiro atoms. The van der Waals surface area contributed by atoms with Gasteiger partial charge in [-0.05, 0) is 44.5 Å². The van der Waals surface area contributed by atoms with Crippen LogP contribution in [-0.2, 0) is 11.3 Å². The van der Waals surface area contributed by atoms with Crippen LogP contribution in [-0.4, -0.2) is 29.8 Å². The molecule has 158 valence electrons. The third-order valence-electron chi connectivity index (χ3n) is 4.77. The lowest BCUT2D eigenvalue weighted by atomic mass is 10.1. The van der Waals surface area contributed by atoms with E-state index in [2.05, 4.69) is 26.5 Å². The number of aryl methyl sites for hydroxylation is 2. The second-order valence-corrected chi connectivity index (χ2v) is 7.11. The zero-order valence-corrected chi connectivity index (χ0v) is 17.3. The van der Waals surface area contributed by atoms with Gasteiger partial charge in [0.05, 0.1) is 23.1 Å². The highest BCUT2D eigenvalue weighted by molar-refractivity contribution is 5.77. The Kier molecular flexibility index (Phi) is 5.57. The van der Waals surface area contributed by atoms with Crippen LogP contribution >= 0.6 is 0 Å². The predicted molar refractivity (Wildman–Crippen MR) is 111 cm³/mol. The molecule has 2 aromatic heterocycles. The average molecular weight is 422 g/mol. The molecule has 4 rings (SSSR count). The molecule has 0 atom stereocenters. The topological polar surface area (TPSA) is 70.7 Å². The summed E-state index contributed by atoms with van der Waals surface area (Å²) < 4.78 is 37.0. The molecule has 0 N–H and O–H groups in total. The summed E-state index contributed by atoms with van der Waals surface area (Å²) in [7, 11) is 0. The highest BCUT2D eigenvalue weighted by atomic mass is 19.1. The van der Waals surface area contributed by atoms with Gasteiger partial charge in [-0.25, -0.2) is 23.1 Å². The maximum atomic E-state index is 14.5. The van der Waals surface area contributed by atoms with E-state index in [0.717, 1.165) is 22.9 Å². The number of ether oxygens (including phenoxy) is 1. The van der Waals surface area contributed by atoms with E-state index in [0.29, 0.717) is 11.4 Å². The van der Waals surface area contributed by atoms with Gasteiger partial charge in [-0.3, -0.25) is 0 Å². The zero-order valence-electron chi connectivity index (χ0n) is 17.3. The van der Waals surface area contributed by atoms with Crippen molar-refractivity contribution in [1.82, 2.24) is 29.8 Å². The van der Waals surface area contributed by atoms with Crippen molar-refractivity contribution < 1.29 is 13.5 Å². The molecule has 0 radical (unpaired) electrons. The van der Waals surface area contributed by atoms with Gasteiger partial charge in [0.2, 0.25) is 0 Å². The van der Waals surface area contributed by atoms with E-state index in [-0.39, 0.29) is 17.9 Å². The summed E-state index contributed by atoms with van der Waals surface area (Å²) in [6.45, 7) is 5.76. The van der Waals surface area contributed by atoms with Crippen LogP contribution in [0.1, 0.15) is 29.3 Å². The number of aromatic nitrogens is 6. The molecule has 2 heterocycles. The molecule has 9 heteroatoms. The normalized spacial score (nSPS) is 12.0. The molecule has 0 saturated carbocycles. The van der Waals surface area contributed by atoms with Crippen molar-refractivity contribution in [2.75, 3.05) is 0 Å². The Morgan fingerprint density at radius 1 is 1.10 bits per heavy atom. The van der Waals surface area contributed by atoms with Crippen molar-refractivity contribution in [3.63, 3.8) is 0 Å². The molecule has 7 nitrogen and oxygen atoms in total. The van der Waals surface area contributed by atoms with Crippen molar-refractivity contribution in [2.24, 2.45) is 0 Å². The van der Waals surface area contributed by atoms with E-state index in [4.69, 9.17) is 4.74 Å². The second-order valence-electron chi connectivity index (χ2n) is 7.11. The highest BCUT2D eigenvalue weighted by Gasteiger charge is 2.17. The summed E-state index contributed by atoms with van der Waals surface area (Å²) in [5, 5.41) is 12.4. The highest BCUT2D eigenvalue weighted by Crippen LogP contribution is 2.27. The molecule has 0 saturated heterocycles. The zero-order chi connectivity index (χ0) is 22.0. The van der Waals surface area contributed by atoms with Crippen LogP contribution in [0.25, 0.3) is 17.1 Å². The van der Waals surface area contributed by atoms with Crippen LogP contribution in [0, 0.1) is 25.5 Å². The van der Waals surface area contributed by atoms with Crippen LogP contribution in [0.3, 0.4) is 0 Å². The molecule has 0 bridgehead atoms. The molecule has 0 aliphatic carbocycles. The lowest BCUT2D eigenvalue weighted by Gasteiger charge is -2.14. The summed E-state index contributed by atoms with van der Waals surface area (Å²) in [6, 6.07) is 9.34. The van der Waals surface area contributed by atoms with Crippen LogP contribution < -0.4 is 0 Å². The molecule has 0 aliphatic heterocycles. The first-order chi connectivity index (χ1) is 14.9. The number of hydrogen-bond acceptors (Lipinski definition) is 5. The minimum Gasteiger partial charge on any atom is -0.485 e. The third-order valence-corrected chi connectivity index (χ3v) is 4.77. The summed E-state index contributed by atoms with van der Waals surface area (Å²) in [4.78, 5) is 3.91. The Labute approximate surface area is 177 Å². The summed E-state index contributed by atoms with van der Waals surface area (Å²) in [5.74, 6) is -1.21. The Bertz CT molecular complexity index is 1250. The maximum absolute atomic E-state index is 14.5. The first kappa shape index (κ1) is 20.4. The Hall–Kier alpha value is -3.88. The molecular formula is C22H20F2N6O. The van der Waals surface area contributed by atoms with Gasteiger partial charge in [0, 0.05) is 6.07 Å². The number of halogens is 2. The number of nitrogens with zero attached hydrogens (tertiary/aromatic N) is 6. The van der Waals surface area contributed by atoms with Gasteiger partial charge in [0.1, 0.15) is 36.6 Å². The Balaban J connectivity index is 1.63. The Morgan fingerprint density at radius 2 is 1.94 bits per heavy atom. The van der Waals surface area contributed by atoms with Crippen molar-refractivity contribution in [3.05, 3.63) is 89.3 Å². The smallest absolute Gasteiger partial charge is 0.151 e. The van der Waals surface area contributed by atoms with Gasteiger partial charge in [-0.2, -0.15) is 5.10 Å². The number of allylic oxidation sites excluding steroid dienone is 1. The van der Waals surface area contributed by atoms with Gasteiger partial charge < -0.3 is 4.74 Å². The van der Waals surface area contributed by atoms with Crippen molar-refractivity contribution in [2.45, 2.75) is 27.4 Å². The van der Waals surface area contributed by atoms with E-state index in [9.17, 15) is 8.78 Å². The first-order valence-corrected chi connectivity index (χ1v) is 9.55. The van der Waals surface area contributed by atoms with Gasteiger partial charge in [-0.1, -0.05) is 22.9 Å². The van der Waals surface area contributed by atoms with Crippen LogP contribution in [0.5, 0.6) is 0 Å². The quantitative estimate of drug-likeness (QED) is 0.433. The van der Waals surface area contributed by atoms with E-state index >= 15 is 0 Å². The van der Waals surface area contributed by atoms with E-state index in [1.165, 1.54) is 29.5 Å². The van der Waals surface area contributed by atoms with Crippen molar-refractivity contribution in [3.8, 4) is 5.69 Å². The fourth-order valence-corrected chi connectivity index (χ4v) is 3.23. The lowest BCUT2D eigenvalue weighted by molar-refractivity contribution is 0.258. The predicted octanol–water partition coefficient (Wildman–Crippen LogP) is 4.32. The van der Waals surface area contributed by atoms with Gasteiger partial charge in [-0.15, -0.1) is 5.10 Å². The monoisotopic (exact) mass is 422 g/mol. The van der Waals surface area contributed by atoms with Crippen LogP contribution in [0.15, 0.2) is 55.2 Å². The SMILES string of the molecule is C/C(=C(/OCc1cn(-c2ccc(C)cc2C)nn1)c1ccc(F)cc1F)n1cncn1. The fourth-order valence-electron chi connectivity index (χ4n) is 3.23. The number of benzene rings is 2. The van der Waals surface area contributed by atoms with E-state index in [1.54, 1.807) is 17.8 Å². The van der Waals surface area contributed by atoms with E-state index in [1.807, 2.05) is 26.0 Å². The summed E-state index contributed by atoms with van der Waals surface area (Å²) in [5.41, 5.74) is 4.27. The first-order valence-electron chi connectivity index (χ1n) is 9.55. The second kappa shape index (κ2) is 8.47. The Morgan fingerprint density at radius 3 is 2.65 bits per heavy atom. The molecular weight excluding hydrogens is 402 g/mol. The standard InChI is InChI=1S/C22H20F2N6O/c1-14-4-7-21(15(2)8-14)29-10-18(27-28-29)11-31-22(16(3)30-13-25-12-26-30)19-6-5-17(23)9-20(19)24/h4-10,12-13H,11H2,1-3H3/b22-16-. The largest absolute Gasteiger partial charge is 0.485 e. The van der Waals surface area contributed by atoms with Crippen molar-refractivity contribution >= 4 is 11.5 Å². The fraction of sp³-hybridized carbons (Fsp3) is 0.182. The third kappa shape index (κ3) is 4.35.